The number of carbonyl (C=O) groups is 3. The van der Waals surface area contributed by atoms with Crippen molar-refractivity contribution < 1.29 is 29.0 Å². The Labute approximate surface area is 150 Å². The zero-order valence-corrected chi connectivity index (χ0v) is 16.3. The zero-order valence-electron chi connectivity index (χ0n) is 16.3. The minimum Gasteiger partial charge on any atom is -0.480 e. The van der Waals surface area contributed by atoms with Crippen LogP contribution in [0.4, 0.5) is 4.79 Å². The molecule has 0 heterocycles. The van der Waals surface area contributed by atoms with Crippen molar-refractivity contribution in [3.05, 3.63) is 0 Å². The molecular weight excluding hydrogens is 326 g/mol. The fourth-order valence-corrected chi connectivity index (χ4v) is 2.28. The lowest BCUT2D eigenvalue weighted by Gasteiger charge is -2.29. The lowest BCUT2D eigenvalue weighted by molar-refractivity contribution is -0.175. The number of rotatable bonds is 11. The molecule has 0 saturated heterocycles. The number of carboxylic acid groups (broad SMARTS) is 1. The second kappa shape index (κ2) is 10.9. The average Bonchev–Trinajstić information content (AvgIpc) is 2.54. The van der Waals surface area contributed by atoms with Gasteiger partial charge in [0.2, 0.25) is 0 Å². The monoisotopic (exact) mass is 359 g/mol. The molecule has 0 aromatic heterocycles. The van der Waals surface area contributed by atoms with E-state index in [0.717, 1.165) is 12.8 Å². The second-order valence-electron chi connectivity index (χ2n) is 6.84. The van der Waals surface area contributed by atoms with Gasteiger partial charge in [0.1, 0.15) is 5.54 Å². The summed E-state index contributed by atoms with van der Waals surface area (Å²) in [5.74, 6) is -1.45. The van der Waals surface area contributed by atoms with Crippen LogP contribution in [0.2, 0.25) is 0 Å². The number of ether oxygens (including phenoxy) is 2. The van der Waals surface area contributed by atoms with E-state index in [2.05, 4.69) is 19.2 Å². The Bertz CT molecular complexity index is 447. The Balaban J connectivity index is 4.91. The molecule has 0 aliphatic heterocycles. The maximum Gasteiger partial charge on any atom is 0.411 e. The summed E-state index contributed by atoms with van der Waals surface area (Å²) in [6.07, 6.45) is 1.11. The third-order valence-corrected chi connectivity index (χ3v) is 4.36. The van der Waals surface area contributed by atoms with Gasteiger partial charge in [0.15, 0.2) is 0 Å². The van der Waals surface area contributed by atoms with Gasteiger partial charge >= 0.3 is 18.0 Å². The Morgan fingerprint density at radius 2 is 1.64 bits per heavy atom. The molecule has 0 bridgehead atoms. The highest BCUT2D eigenvalue weighted by molar-refractivity contribution is 5.83. The molecule has 0 radical (unpaired) electrons. The van der Waals surface area contributed by atoms with Crippen LogP contribution in [0.5, 0.6) is 0 Å². The highest BCUT2D eigenvalue weighted by Gasteiger charge is 2.36. The van der Waals surface area contributed by atoms with Crippen LogP contribution in [0, 0.1) is 11.8 Å². The first kappa shape index (κ1) is 23.2. The normalized spacial score (nSPS) is 14.7. The minimum absolute atomic E-state index is 0.163. The molecule has 2 N–H and O–H groups in total. The maximum atomic E-state index is 12.1. The lowest BCUT2D eigenvalue weighted by atomic mass is 9.88. The van der Waals surface area contributed by atoms with Crippen LogP contribution < -0.4 is 5.32 Å². The Morgan fingerprint density at radius 1 is 1.08 bits per heavy atom. The molecule has 0 unspecified atom stereocenters. The first-order chi connectivity index (χ1) is 11.6. The van der Waals surface area contributed by atoms with E-state index in [1.54, 1.807) is 20.8 Å². The van der Waals surface area contributed by atoms with Crippen molar-refractivity contribution in [2.45, 2.75) is 85.5 Å². The van der Waals surface area contributed by atoms with Gasteiger partial charge < -0.3 is 19.9 Å². The third-order valence-electron chi connectivity index (χ3n) is 4.36. The SMILES string of the molecule is CCC(=O)O[C@H](OC(=O)N[C@@](C)(CCC(CC)CC)C(=O)O)C(C)C. The van der Waals surface area contributed by atoms with Crippen LogP contribution in [-0.4, -0.2) is 35.0 Å². The maximum absolute atomic E-state index is 12.1. The van der Waals surface area contributed by atoms with Crippen LogP contribution in [0.1, 0.15) is 73.6 Å². The van der Waals surface area contributed by atoms with Crippen molar-refractivity contribution in [1.82, 2.24) is 5.32 Å². The Kier molecular flexibility index (Phi) is 10.2. The Hall–Kier alpha value is -1.79. The van der Waals surface area contributed by atoms with Crippen molar-refractivity contribution in [1.29, 1.82) is 0 Å². The van der Waals surface area contributed by atoms with E-state index in [1.165, 1.54) is 6.92 Å². The van der Waals surface area contributed by atoms with E-state index >= 15 is 0 Å². The molecule has 0 aliphatic carbocycles. The van der Waals surface area contributed by atoms with Gasteiger partial charge in [-0.05, 0) is 25.7 Å². The number of alkyl carbamates (subject to hydrolysis) is 1. The molecule has 1 amide bonds. The first-order valence-electron chi connectivity index (χ1n) is 9.01. The van der Waals surface area contributed by atoms with E-state index in [1.807, 2.05) is 0 Å². The van der Waals surface area contributed by atoms with Gasteiger partial charge in [-0.3, -0.25) is 4.79 Å². The van der Waals surface area contributed by atoms with Gasteiger partial charge in [-0.15, -0.1) is 0 Å². The number of esters is 1. The van der Waals surface area contributed by atoms with E-state index < -0.39 is 29.9 Å². The van der Waals surface area contributed by atoms with E-state index in [0.29, 0.717) is 18.8 Å². The van der Waals surface area contributed by atoms with E-state index in [-0.39, 0.29) is 12.3 Å². The van der Waals surface area contributed by atoms with Crippen molar-refractivity contribution in [2.24, 2.45) is 11.8 Å². The fourth-order valence-electron chi connectivity index (χ4n) is 2.28. The predicted molar refractivity (Wildman–Crippen MR) is 94.0 cm³/mol. The van der Waals surface area contributed by atoms with Crippen LogP contribution >= 0.6 is 0 Å². The summed E-state index contributed by atoms with van der Waals surface area (Å²) < 4.78 is 10.2. The number of hydrogen-bond acceptors (Lipinski definition) is 5. The molecule has 2 atom stereocenters. The second-order valence-corrected chi connectivity index (χ2v) is 6.84. The number of aliphatic carboxylic acids is 1. The smallest absolute Gasteiger partial charge is 0.411 e. The summed E-state index contributed by atoms with van der Waals surface area (Å²) >= 11 is 0. The van der Waals surface area contributed by atoms with Crippen LogP contribution in [0.25, 0.3) is 0 Å². The third kappa shape index (κ3) is 8.23. The zero-order chi connectivity index (χ0) is 19.6. The number of hydrogen-bond donors (Lipinski definition) is 2. The minimum atomic E-state index is -1.43. The number of carboxylic acids is 1. The number of carbonyl (C=O) groups excluding carboxylic acids is 2. The topological polar surface area (TPSA) is 102 Å². The quantitative estimate of drug-likeness (QED) is 0.431. The molecule has 0 rings (SSSR count). The van der Waals surface area contributed by atoms with Crippen LogP contribution in [0.3, 0.4) is 0 Å². The fraction of sp³-hybridized carbons (Fsp3) is 0.833. The van der Waals surface area contributed by atoms with Crippen LogP contribution in [-0.2, 0) is 19.1 Å². The molecule has 0 saturated carbocycles. The molecule has 0 aliphatic rings. The highest BCUT2D eigenvalue weighted by Crippen LogP contribution is 2.22. The molecule has 0 aromatic carbocycles. The van der Waals surface area contributed by atoms with Crippen molar-refractivity contribution in [3.63, 3.8) is 0 Å². The van der Waals surface area contributed by atoms with E-state index in [4.69, 9.17) is 9.47 Å². The standard InChI is InChI=1S/C18H33NO6/c1-7-13(8-2)10-11-18(6,16(21)22)19-17(23)25-15(12(4)5)24-14(20)9-3/h12-13,15H,7-11H2,1-6H3,(H,19,23)(H,21,22)/t15-,18+/m1/s1. The van der Waals surface area contributed by atoms with Crippen molar-refractivity contribution >= 4 is 18.0 Å². The van der Waals surface area contributed by atoms with Gasteiger partial charge in [-0.1, -0.05) is 47.5 Å². The lowest BCUT2D eigenvalue weighted by Crippen LogP contribution is -2.53. The first-order valence-corrected chi connectivity index (χ1v) is 9.01. The number of amides is 1. The van der Waals surface area contributed by atoms with Crippen molar-refractivity contribution in [3.8, 4) is 0 Å². The van der Waals surface area contributed by atoms with Gasteiger partial charge in [0, 0.05) is 12.3 Å². The predicted octanol–water partition coefficient (Wildman–Crippen LogP) is 3.71. The molecule has 0 fully saturated rings. The van der Waals surface area contributed by atoms with Crippen molar-refractivity contribution in [2.75, 3.05) is 0 Å². The molecule has 146 valence electrons. The largest absolute Gasteiger partial charge is 0.480 e. The summed E-state index contributed by atoms with van der Waals surface area (Å²) in [6.45, 7) is 10.7. The summed E-state index contributed by atoms with van der Waals surface area (Å²) in [4.78, 5) is 35.2. The molecule has 25 heavy (non-hydrogen) atoms. The summed E-state index contributed by atoms with van der Waals surface area (Å²) in [5.41, 5.74) is -1.43. The summed E-state index contributed by atoms with van der Waals surface area (Å²) in [5, 5.41) is 11.9. The number of nitrogens with one attached hydrogen (secondary N) is 1. The Morgan fingerprint density at radius 3 is 2.04 bits per heavy atom. The van der Waals surface area contributed by atoms with Gasteiger partial charge in [-0.2, -0.15) is 0 Å². The van der Waals surface area contributed by atoms with Crippen LogP contribution in [0.15, 0.2) is 0 Å². The summed E-state index contributed by atoms with van der Waals surface area (Å²) in [6, 6.07) is 0. The molecule has 0 aromatic rings. The molecule has 7 nitrogen and oxygen atoms in total. The molecular formula is C18H33NO6. The highest BCUT2D eigenvalue weighted by atomic mass is 16.7. The molecule has 0 spiro atoms. The molecule has 7 heteroatoms. The average molecular weight is 359 g/mol. The van der Waals surface area contributed by atoms with Gasteiger partial charge in [-0.25, -0.2) is 9.59 Å². The van der Waals surface area contributed by atoms with Gasteiger partial charge in [0.25, 0.3) is 6.29 Å². The summed E-state index contributed by atoms with van der Waals surface area (Å²) in [7, 11) is 0. The van der Waals surface area contributed by atoms with Gasteiger partial charge in [0.05, 0.1) is 0 Å². The van der Waals surface area contributed by atoms with E-state index in [9.17, 15) is 19.5 Å².